The molecule has 0 fully saturated rings. The second kappa shape index (κ2) is 6.91. The first-order chi connectivity index (χ1) is 13.3. The van der Waals surface area contributed by atoms with Crippen molar-refractivity contribution in [3.63, 3.8) is 0 Å². The Morgan fingerprint density at radius 2 is 1.61 bits per heavy atom. The molecular weight excluding hydrogens is 385 g/mol. The highest BCUT2D eigenvalue weighted by Crippen LogP contribution is 2.36. The molecule has 0 bridgehead atoms. The summed E-state index contributed by atoms with van der Waals surface area (Å²) in [6.07, 6.45) is -4.46. The highest BCUT2D eigenvalue weighted by atomic mass is 32.1. The number of alkyl halides is 3. The highest BCUT2D eigenvalue weighted by Gasteiger charge is 2.34. The first-order valence-electron chi connectivity index (χ1n) is 8.45. The van der Waals surface area contributed by atoms with E-state index >= 15 is 0 Å². The molecule has 0 saturated carbocycles. The van der Waals surface area contributed by atoms with E-state index in [1.165, 1.54) is 6.07 Å². The van der Waals surface area contributed by atoms with Crippen molar-refractivity contribution in [3.05, 3.63) is 78.1 Å². The normalized spacial score (nSPS) is 11.8. The van der Waals surface area contributed by atoms with Crippen molar-refractivity contribution in [1.82, 2.24) is 9.55 Å². The third-order valence-corrected chi connectivity index (χ3v) is 4.57. The van der Waals surface area contributed by atoms with Gasteiger partial charge >= 0.3 is 6.18 Å². The lowest BCUT2D eigenvalue weighted by Crippen LogP contribution is -2.05. The molecule has 0 aliphatic rings. The van der Waals surface area contributed by atoms with Crippen molar-refractivity contribution in [2.24, 2.45) is 0 Å². The summed E-state index contributed by atoms with van der Waals surface area (Å²) in [6, 6.07) is 18.4. The average molecular weight is 400 g/mol. The van der Waals surface area contributed by atoms with Crippen LogP contribution in [0.4, 0.5) is 13.2 Å². The summed E-state index contributed by atoms with van der Waals surface area (Å²) in [7, 11) is 0. The maximum atomic E-state index is 13.3. The van der Waals surface area contributed by atoms with Crippen LogP contribution in [0.3, 0.4) is 0 Å². The number of thiol groups is 1. The highest BCUT2D eigenvalue weighted by molar-refractivity contribution is 7.80. The Labute approximate surface area is 164 Å². The number of para-hydroxylation sites is 1. The van der Waals surface area contributed by atoms with Gasteiger partial charge in [0.1, 0.15) is 22.8 Å². The van der Waals surface area contributed by atoms with E-state index in [4.69, 9.17) is 4.74 Å². The van der Waals surface area contributed by atoms with Gasteiger partial charge in [0.2, 0.25) is 0 Å². The van der Waals surface area contributed by atoms with Crippen LogP contribution in [0.15, 0.2) is 71.6 Å². The molecule has 7 heteroatoms. The molecule has 3 nitrogen and oxygen atoms in total. The number of halogens is 3. The third kappa shape index (κ3) is 3.45. The fourth-order valence-electron chi connectivity index (χ4n) is 3.14. The van der Waals surface area contributed by atoms with E-state index in [0.717, 1.165) is 11.0 Å². The monoisotopic (exact) mass is 400 g/mol. The topological polar surface area (TPSA) is 27.1 Å². The number of ether oxygens (including phenoxy) is 1. The van der Waals surface area contributed by atoms with Crippen molar-refractivity contribution in [1.29, 1.82) is 0 Å². The molecule has 3 aromatic carbocycles. The lowest BCUT2D eigenvalue weighted by molar-refractivity contribution is -0.136. The maximum Gasteiger partial charge on any atom is 0.418 e. The van der Waals surface area contributed by atoms with Gasteiger partial charge in [-0.15, -0.1) is 12.6 Å². The Balaban J connectivity index is 1.80. The van der Waals surface area contributed by atoms with E-state index in [2.05, 4.69) is 17.6 Å². The van der Waals surface area contributed by atoms with Gasteiger partial charge in [0.15, 0.2) is 0 Å². The molecule has 0 aliphatic carbocycles. The summed E-state index contributed by atoms with van der Waals surface area (Å²) >= 11 is 4.29. The van der Waals surface area contributed by atoms with Crippen molar-refractivity contribution >= 4 is 23.7 Å². The van der Waals surface area contributed by atoms with Crippen LogP contribution in [0.25, 0.3) is 16.7 Å². The predicted octanol–water partition coefficient (Wildman–Crippen LogP) is 6.43. The second-order valence-electron chi connectivity index (χ2n) is 6.26. The molecule has 0 unspecified atom stereocenters. The molecule has 0 atom stereocenters. The van der Waals surface area contributed by atoms with Crippen molar-refractivity contribution < 1.29 is 17.9 Å². The van der Waals surface area contributed by atoms with Crippen LogP contribution < -0.4 is 4.74 Å². The summed E-state index contributed by atoms with van der Waals surface area (Å²) in [5.41, 5.74) is 0.243. The third-order valence-electron chi connectivity index (χ3n) is 4.29. The largest absolute Gasteiger partial charge is 0.457 e. The molecule has 1 heterocycles. The molecule has 0 aliphatic heterocycles. The summed E-state index contributed by atoms with van der Waals surface area (Å²) in [5, 5.41) is 0. The minimum absolute atomic E-state index is 0.0680. The van der Waals surface area contributed by atoms with Crippen LogP contribution in [0.2, 0.25) is 0 Å². The SMILES string of the molecule is Cc1nc2c(C(F)(F)F)cccc2n1-c1cccc(Oc2cccc(S)c2)c1. The molecule has 0 spiro atoms. The summed E-state index contributed by atoms with van der Waals surface area (Å²) in [4.78, 5) is 4.94. The van der Waals surface area contributed by atoms with Gasteiger partial charge in [0.25, 0.3) is 0 Å². The van der Waals surface area contributed by atoms with E-state index < -0.39 is 11.7 Å². The number of aromatic nitrogens is 2. The van der Waals surface area contributed by atoms with Crippen LogP contribution in [-0.2, 0) is 6.18 Å². The van der Waals surface area contributed by atoms with E-state index in [1.807, 2.05) is 12.1 Å². The zero-order valence-electron chi connectivity index (χ0n) is 14.7. The van der Waals surface area contributed by atoms with Crippen molar-refractivity contribution in [3.8, 4) is 17.2 Å². The van der Waals surface area contributed by atoms with Gasteiger partial charge < -0.3 is 4.74 Å². The first-order valence-corrected chi connectivity index (χ1v) is 8.90. The number of hydrogen-bond donors (Lipinski definition) is 1. The quantitative estimate of drug-likeness (QED) is 0.401. The zero-order chi connectivity index (χ0) is 19.9. The van der Waals surface area contributed by atoms with Gasteiger partial charge in [-0.25, -0.2) is 4.98 Å². The second-order valence-corrected chi connectivity index (χ2v) is 6.78. The minimum atomic E-state index is -4.46. The number of nitrogens with zero attached hydrogens (tertiary/aromatic N) is 2. The molecular formula is C21H15F3N2OS. The molecule has 4 rings (SSSR count). The Hall–Kier alpha value is -2.93. The summed E-state index contributed by atoms with van der Waals surface area (Å²) < 4.78 is 47.5. The maximum absolute atomic E-state index is 13.3. The van der Waals surface area contributed by atoms with Gasteiger partial charge in [-0.2, -0.15) is 13.2 Å². The van der Waals surface area contributed by atoms with Crippen LogP contribution in [0.5, 0.6) is 11.5 Å². The van der Waals surface area contributed by atoms with Gasteiger partial charge in [0.05, 0.1) is 16.8 Å². The Bertz CT molecular complexity index is 1170. The van der Waals surface area contributed by atoms with Crippen molar-refractivity contribution in [2.45, 2.75) is 18.0 Å². The number of hydrogen-bond acceptors (Lipinski definition) is 3. The fourth-order valence-corrected chi connectivity index (χ4v) is 3.35. The Kier molecular flexibility index (Phi) is 4.55. The molecule has 0 radical (unpaired) electrons. The van der Waals surface area contributed by atoms with Crippen LogP contribution >= 0.6 is 12.6 Å². The van der Waals surface area contributed by atoms with E-state index in [9.17, 15) is 13.2 Å². The molecule has 1 aromatic heterocycles. The smallest absolute Gasteiger partial charge is 0.418 e. The number of imidazole rings is 1. The summed E-state index contributed by atoms with van der Waals surface area (Å²) in [6.45, 7) is 1.68. The zero-order valence-corrected chi connectivity index (χ0v) is 15.6. The van der Waals surface area contributed by atoms with Gasteiger partial charge in [-0.05, 0) is 49.4 Å². The predicted molar refractivity (Wildman–Crippen MR) is 105 cm³/mol. The number of rotatable bonds is 3. The molecule has 28 heavy (non-hydrogen) atoms. The molecule has 4 aromatic rings. The molecule has 142 valence electrons. The average Bonchev–Trinajstić information content (AvgIpc) is 2.96. The van der Waals surface area contributed by atoms with Gasteiger partial charge in [0, 0.05) is 11.0 Å². The first kappa shape index (κ1) is 18.4. The molecule has 0 amide bonds. The van der Waals surface area contributed by atoms with E-state index in [-0.39, 0.29) is 5.52 Å². The van der Waals surface area contributed by atoms with Crippen LogP contribution in [-0.4, -0.2) is 9.55 Å². The van der Waals surface area contributed by atoms with Gasteiger partial charge in [-0.1, -0.05) is 18.2 Å². The molecule has 0 N–H and O–H groups in total. The van der Waals surface area contributed by atoms with E-state index in [1.54, 1.807) is 54.0 Å². The van der Waals surface area contributed by atoms with E-state index in [0.29, 0.717) is 28.5 Å². The lowest BCUT2D eigenvalue weighted by Gasteiger charge is -2.11. The lowest BCUT2D eigenvalue weighted by atomic mass is 10.1. The summed E-state index contributed by atoms with van der Waals surface area (Å²) in [5.74, 6) is 1.64. The number of fused-ring (bicyclic) bond motifs is 1. The Morgan fingerprint density at radius 1 is 0.929 bits per heavy atom. The molecule has 0 saturated heterocycles. The van der Waals surface area contributed by atoms with Crippen LogP contribution in [0, 0.1) is 6.92 Å². The fraction of sp³-hybridized carbons (Fsp3) is 0.0952. The van der Waals surface area contributed by atoms with Crippen LogP contribution in [0.1, 0.15) is 11.4 Å². The van der Waals surface area contributed by atoms with Gasteiger partial charge in [-0.3, -0.25) is 4.57 Å². The number of aryl methyl sites for hydroxylation is 1. The Morgan fingerprint density at radius 3 is 2.32 bits per heavy atom. The minimum Gasteiger partial charge on any atom is -0.457 e. The van der Waals surface area contributed by atoms with Crippen molar-refractivity contribution in [2.75, 3.05) is 0 Å². The number of benzene rings is 3. The standard InChI is InChI=1S/C21H15F3N2OS/c1-13-25-20-18(21(22,23)24)9-4-10-19(20)26(13)14-5-2-6-15(11-14)27-16-7-3-8-17(28)12-16/h2-12,28H,1H3.